The zero-order valence-corrected chi connectivity index (χ0v) is 15.3. The summed E-state index contributed by atoms with van der Waals surface area (Å²) < 4.78 is 39.7. The Kier molecular flexibility index (Phi) is 5.00. The average molecular weight is 413 g/mol. The van der Waals surface area contributed by atoms with Gasteiger partial charge < -0.3 is 5.11 Å². The van der Waals surface area contributed by atoms with Crippen LogP contribution in [0.25, 0.3) is 33.4 Å². The molecule has 30 heavy (non-hydrogen) atoms. The Morgan fingerprint density at radius 3 is 2.53 bits per heavy atom. The van der Waals surface area contributed by atoms with Crippen molar-refractivity contribution in [3.05, 3.63) is 71.3 Å². The molecule has 4 aromatic rings. The molecule has 1 N–H and O–H groups in total. The Hall–Kier alpha value is -3.66. The van der Waals surface area contributed by atoms with E-state index in [1.54, 1.807) is 24.5 Å². The molecule has 4 aromatic heterocycles. The minimum Gasteiger partial charge on any atom is -0.395 e. The van der Waals surface area contributed by atoms with E-state index in [0.717, 1.165) is 12.3 Å². The largest absolute Gasteiger partial charge is 0.433 e. The zero-order valence-electron chi connectivity index (χ0n) is 15.3. The van der Waals surface area contributed by atoms with Gasteiger partial charge in [-0.2, -0.15) is 13.2 Å². The smallest absolute Gasteiger partial charge is 0.395 e. The summed E-state index contributed by atoms with van der Waals surface area (Å²) in [5.74, 6) is 0. The maximum atomic E-state index is 12.9. The van der Waals surface area contributed by atoms with Gasteiger partial charge in [0.1, 0.15) is 11.2 Å². The lowest BCUT2D eigenvalue weighted by Gasteiger charge is -2.11. The summed E-state index contributed by atoms with van der Waals surface area (Å²) in [6, 6.07) is 7.01. The predicted octanol–water partition coefficient (Wildman–Crippen LogP) is 2.93. The van der Waals surface area contributed by atoms with Crippen LogP contribution in [0.15, 0.2) is 60.0 Å². The Bertz CT molecular complexity index is 1260. The molecule has 0 aliphatic carbocycles. The minimum absolute atomic E-state index is 0.0590. The van der Waals surface area contributed by atoms with Gasteiger partial charge in [-0.1, -0.05) is 0 Å². The number of nitrogens with zero attached hydrogens (tertiary/aromatic N) is 5. The fourth-order valence-corrected chi connectivity index (χ4v) is 3.00. The highest BCUT2D eigenvalue weighted by molar-refractivity contribution is 5.93. The Labute approximate surface area is 167 Å². The van der Waals surface area contributed by atoms with Gasteiger partial charge in [-0.25, -0.2) is 9.97 Å². The van der Waals surface area contributed by atoms with Crippen molar-refractivity contribution in [3.8, 4) is 22.5 Å². The maximum Gasteiger partial charge on any atom is 0.433 e. The van der Waals surface area contributed by atoms with Crippen molar-refractivity contribution in [1.29, 1.82) is 0 Å². The second kappa shape index (κ2) is 7.64. The van der Waals surface area contributed by atoms with Gasteiger partial charge in [-0.05, 0) is 30.3 Å². The molecule has 0 unspecified atom stereocenters. The molecule has 0 saturated carbocycles. The highest BCUT2D eigenvalue weighted by Crippen LogP contribution is 2.31. The lowest BCUT2D eigenvalue weighted by molar-refractivity contribution is -0.141. The van der Waals surface area contributed by atoms with Crippen LogP contribution in [-0.4, -0.2) is 36.2 Å². The third kappa shape index (κ3) is 3.64. The van der Waals surface area contributed by atoms with Crippen molar-refractivity contribution in [2.24, 2.45) is 0 Å². The first-order valence-electron chi connectivity index (χ1n) is 8.83. The molecule has 0 aromatic carbocycles. The first kappa shape index (κ1) is 19.6. The monoisotopic (exact) mass is 413 g/mol. The number of fused-ring (bicyclic) bond motifs is 1. The molecular formula is C20H14F3N5O2. The number of aliphatic hydroxyl groups is 1. The van der Waals surface area contributed by atoms with Crippen LogP contribution in [0.4, 0.5) is 13.2 Å². The van der Waals surface area contributed by atoms with E-state index >= 15 is 0 Å². The molecule has 4 heterocycles. The van der Waals surface area contributed by atoms with E-state index in [-0.39, 0.29) is 24.2 Å². The van der Waals surface area contributed by atoms with E-state index in [4.69, 9.17) is 5.11 Å². The topological polar surface area (TPSA) is 93.8 Å². The second-order valence-corrected chi connectivity index (χ2v) is 6.39. The van der Waals surface area contributed by atoms with Gasteiger partial charge in [0.15, 0.2) is 0 Å². The highest BCUT2D eigenvalue weighted by atomic mass is 19.4. The fourth-order valence-electron chi connectivity index (χ4n) is 3.00. The van der Waals surface area contributed by atoms with Gasteiger partial charge in [-0.3, -0.25) is 19.3 Å². The molecule has 0 bridgehead atoms. The van der Waals surface area contributed by atoms with Crippen molar-refractivity contribution in [1.82, 2.24) is 24.5 Å². The first-order valence-corrected chi connectivity index (χ1v) is 8.83. The van der Waals surface area contributed by atoms with Crippen LogP contribution < -0.4 is 5.56 Å². The number of hydrogen-bond donors (Lipinski definition) is 1. The molecular weight excluding hydrogens is 399 g/mol. The molecule has 152 valence electrons. The Morgan fingerprint density at radius 2 is 1.90 bits per heavy atom. The summed E-state index contributed by atoms with van der Waals surface area (Å²) >= 11 is 0. The third-order valence-electron chi connectivity index (χ3n) is 4.44. The van der Waals surface area contributed by atoms with E-state index < -0.39 is 17.4 Å². The second-order valence-electron chi connectivity index (χ2n) is 6.39. The molecule has 0 spiro atoms. The number of aliphatic hydroxyl groups excluding tert-OH is 1. The highest BCUT2D eigenvalue weighted by Gasteiger charge is 2.32. The number of aromatic nitrogens is 5. The number of rotatable bonds is 4. The number of pyridine rings is 3. The number of hydrogen-bond acceptors (Lipinski definition) is 6. The molecule has 0 atom stereocenters. The van der Waals surface area contributed by atoms with Gasteiger partial charge in [0.25, 0.3) is 5.56 Å². The van der Waals surface area contributed by atoms with Crippen molar-refractivity contribution < 1.29 is 18.3 Å². The van der Waals surface area contributed by atoms with E-state index in [9.17, 15) is 18.0 Å². The van der Waals surface area contributed by atoms with Crippen molar-refractivity contribution in [2.45, 2.75) is 12.7 Å². The van der Waals surface area contributed by atoms with Crippen LogP contribution in [-0.2, 0) is 12.7 Å². The summed E-state index contributed by atoms with van der Waals surface area (Å²) in [6.07, 6.45) is 0.959. The normalized spacial score (nSPS) is 11.7. The fraction of sp³-hybridized carbons (Fsp3) is 0.150. The first-order chi connectivity index (χ1) is 14.4. The molecule has 4 rings (SSSR count). The molecule has 0 fully saturated rings. The average Bonchev–Trinajstić information content (AvgIpc) is 2.75. The van der Waals surface area contributed by atoms with Crippen LogP contribution in [0, 0.1) is 0 Å². The molecule has 0 aliphatic heterocycles. The molecule has 0 aliphatic rings. The SMILES string of the molecule is O=c1c2cc(-c3ccc(C(F)(F)F)nc3)nc(-c3cccnc3)c2ncn1CCO. The molecule has 10 heteroatoms. The van der Waals surface area contributed by atoms with Gasteiger partial charge in [-0.15, -0.1) is 0 Å². The summed E-state index contributed by atoms with van der Waals surface area (Å²) in [6.45, 7) is -0.188. The van der Waals surface area contributed by atoms with Gasteiger partial charge in [0, 0.05) is 29.7 Å². The summed E-state index contributed by atoms with van der Waals surface area (Å²) in [4.78, 5) is 29.2. The molecule has 0 amide bonds. The third-order valence-corrected chi connectivity index (χ3v) is 4.44. The van der Waals surface area contributed by atoms with Crippen LogP contribution in [0.3, 0.4) is 0 Å². The standard InChI is InChI=1S/C20H14F3N5O2/c21-20(22,23)16-4-3-12(10-25-16)15-8-14-18(26-11-28(6-7-29)19(14)30)17(27-15)13-2-1-5-24-9-13/h1-5,8-11,29H,6-7H2. The van der Waals surface area contributed by atoms with Crippen LogP contribution in [0.5, 0.6) is 0 Å². The van der Waals surface area contributed by atoms with Crippen molar-refractivity contribution in [3.63, 3.8) is 0 Å². The number of halogens is 3. The molecule has 7 nitrogen and oxygen atoms in total. The summed E-state index contributed by atoms with van der Waals surface area (Å²) in [5.41, 5.74) is 0.440. The van der Waals surface area contributed by atoms with Crippen LogP contribution in [0.1, 0.15) is 5.69 Å². The van der Waals surface area contributed by atoms with Crippen molar-refractivity contribution >= 4 is 10.9 Å². The quantitative estimate of drug-likeness (QED) is 0.553. The molecule has 0 radical (unpaired) electrons. The predicted molar refractivity (Wildman–Crippen MR) is 102 cm³/mol. The van der Waals surface area contributed by atoms with Crippen LogP contribution in [0.2, 0.25) is 0 Å². The Balaban J connectivity index is 1.96. The van der Waals surface area contributed by atoms with E-state index in [2.05, 4.69) is 19.9 Å². The van der Waals surface area contributed by atoms with Gasteiger partial charge >= 0.3 is 6.18 Å². The zero-order chi connectivity index (χ0) is 21.3. The maximum absolute atomic E-state index is 12.9. The van der Waals surface area contributed by atoms with Crippen LogP contribution >= 0.6 is 0 Å². The van der Waals surface area contributed by atoms with Gasteiger partial charge in [0.05, 0.1) is 36.3 Å². The van der Waals surface area contributed by atoms with Gasteiger partial charge in [0.2, 0.25) is 0 Å². The summed E-state index contributed by atoms with van der Waals surface area (Å²) in [7, 11) is 0. The molecule has 0 saturated heterocycles. The summed E-state index contributed by atoms with van der Waals surface area (Å²) in [5, 5.41) is 9.38. The van der Waals surface area contributed by atoms with E-state index in [1.807, 2.05) is 0 Å². The van der Waals surface area contributed by atoms with Crippen molar-refractivity contribution in [2.75, 3.05) is 6.61 Å². The lowest BCUT2D eigenvalue weighted by atomic mass is 10.1. The van der Waals surface area contributed by atoms with E-state index in [0.29, 0.717) is 22.3 Å². The van der Waals surface area contributed by atoms with E-state index in [1.165, 1.54) is 23.0 Å². The number of alkyl halides is 3. The minimum atomic E-state index is -4.56. The lowest BCUT2D eigenvalue weighted by Crippen LogP contribution is -2.22. The Morgan fingerprint density at radius 1 is 1.07 bits per heavy atom.